The molecule has 0 saturated carbocycles. The van der Waals surface area contributed by atoms with Crippen molar-refractivity contribution in [3.63, 3.8) is 0 Å². The van der Waals surface area contributed by atoms with Gasteiger partial charge in [0.1, 0.15) is 12.4 Å². The highest BCUT2D eigenvalue weighted by atomic mass is 16.5. The summed E-state index contributed by atoms with van der Waals surface area (Å²) in [6.45, 7) is 2.22. The van der Waals surface area contributed by atoms with Crippen LogP contribution < -0.4 is 5.32 Å². The molecular formula is C12H14N2O2. The zero-order chi connectivity index (χ0) is 11.4. The van der Waals surface area contributed by atoms with Crippen molar-refractivity contribution < 1.29 is 9.84 Å². The fourth-order valence-corrected chi connectivity index (χ4v) is 1.39. The number of aliphatic hydroxyl groups excluding tert-OH is 1. The van der Waals surface area contributed by atoms with Crippen molar-refractivity contribution in [3.05, 3.63) is 47.9 Å². The molecule has 0 aromatic heterocycles. The minimum Gasteiger partial charge on any atom is -0.487 e. The topological polar surface area (TPSA) is 53.9 Å². The molecular weight excluding hydrogens is 204 g/mol. The molecule has 1 aromatic carbocycles. The van der Waals surface area contributed by atoms with Gasteiger partial charge in [0.2, 0.25) is 6.23 Å². The molecule has 2 N–H and O–H groups in total. The normalized spacial score (nSPS) is 19.5. The van der Waals surface area contributed by atoms with E-state index >= 15 is 0 Å². The van der Waals surface area contributed by atoms with Crippen LogP contribution in [0.1, 0.15) is 12.5 Å². The van der Waals surface area contributed by atoms with Crippen LogP contribution in [0.3, 0.4) is 0 Å². The van der Waals surface area contributed by atoms with E-state index in [-0.39, 0.29) is 0 Å². The van der Waals surface area contributed by atoms with Gasteiger partial charge >= 0.3 is 0 Å². The molecule has 1 aliphatic heterocycles. The Morgan fingerprint density at radius 1 is 1.38 bits per heavy atom. The summed E-state index contributed by atoms with van der Waals surface area (Å²) in [4.78, 5) is 3.94. The standard InChI is InChI=1S/C12H14N2O2/c1-9-13-7-11(12(15)14-9)16-8-10-5-3-2-4-6-10/h2-7,12,15H,8H2,1H3,(H,13,14)/t12-/m0/s1. The van der Waals surface area contributed by atoms with Crippen molar-refractivity contribution in [2.45, 2.75) is 19.8 Å². The van der Waals surface area contributed by atoms with Gasteiger partial charge in [-0.3, -0.25) is 0 Å². The van der Waals surface area contributed by atoms with Gasteiger partial charge in [-0.1, -0.05) is 30.3 Å². The second-order valence-electron chi connectivity index (χ2n) is 3.55. The third-order valence-electron chi connectivity index (χ3n) is 2.24. The van der Waals surface area contributed by atoms with Crippen LogP contribution in [0.5, 0.6) is 0 Å². The fraction of sp³-hybridized carbons (Fsp3) is 0.250. The lowest BCUT2D eigenvalue weighted by atomic mass is 10.2. The zero-order valence-corrected chi connectivity index (χ0v) is 9.05. The molecule has 0 bridgehead atoms. The summed E-state index contributed by atoms with van der Waals surface area (Å²) in [7, 11) is 0. The maximum atomic E-state index is 9.60. The van der Waals surface area contributed by atoms with Crippen molar-refractivity contribution in [1.82, 2.24) is 5.32 Å². The maximum absolute atomic E-state index is 9.60. The number of hydrogen-bond donors (Lipinski definition) is 2. The Kier molecular flexibility index (Phi) is 3.22. The molecule has 1 atom stereocenters. The van der Waals surface area contributed by atoms with Gasteiger partial charge in [-0.2, -0.15) is 0 Å². The number of aliphatic imine (C=N–C) groups is 1. The number of rotatable bonds is 3. The summed E-state index contributed by atoms with van der Waals surface area (Å²) < 4.78 is 5.47. The molecule has 1 aromatic rings. The average molecular weight is 218 g/mol. The van der Waals surface area contributed by atoms with Crippen LogP contribution in [0, 0.1) is 0 Å². The van der Waals surface area contributed by atoms with Crippen molar-refractivity contribution in [1.29, 1.82) is 0 Å². The van der Waals surface area contributed by atoms with E-state index in [0.29, 0.717) is 18.2 Å². The number of nitrogens with zero attached hydrogens (tertiary/aromatic N) is 1. The second-order valence-corrected chi connectivity index (χ2v) is 3.55. The van der Waals surface area contributed by atoms with E-state index in [1.807, 2.05) is 30.3 Å². The Bertz CT molecular complexity index is 412. The maximum Gasteiger partial charge on any atom is 0.207 e. The van der Waals surface area contributed by atoms with Gasteiger partial charge in [-0.25, -0.2) is 4.99 Å². The van der Waals surface area contributed by atoms with E-state index < -0.39 is 6.23 Å². The number of amidine groups is 1. The summed E-state index contributed by atoms with van der Waals surface area (Å²) in [6, 6.07) is 9.79. The van der Waals surface area contributed by atoms with E-state index in [1.165, 1.54) is 0 Å². The molecule has 16 heavy (non-hydrogen) atoms. The highest BCUT2D eigenvalue weighted by molar-refractivity contribution is 5.81. The molecule has 0 radical (unpaired) electrons. The van der Waals surface area contributed by atoms with Gasteiger partial charge in [0.05, 0.1) is 0 Å². The largest absolute Gasteiger partial charge is 0.487 e. The Morgan fingerprint density at radius 3 is 2.81 bits per heavy atom. The molecule has 1 heterocycles. The molecule has 4 heteroatoms. The quantitative estimate of drug-likeness (QED) is 0.806. The summed E-state index contributed by atoms with van der Waals surface area (Å²) >= 11 is 0. The first kappa shape index (κ1) is 10.7. The van der Waals surface area contributed by atoms with E-state index in [0.717, 1.165) is 5.56 Å². The highest BCUT2D eigenvalue weighted by Crippen LogP contribution is 2.12. The van der Waals surface area contributed by atoms with Gasteiger partial charge in [-0.05, 0) is 12.5 Å². The predicted octanol–water partition coefficient (Wildman–Crippen LogP) is 1.38. The van der Waals surface area contributed by atoms with Gasteiger partial charge in [-0.15, -0.1) is 0 Å². The molecule has 0 spiro atoms. The van der Waals surface area contributed by atoms with Crippen molar-refractivity contribution in [3.8, 4) is 0 Å². The van der Waals surface area contributed by atoms with Gasteiger partial charge in [0, 0.05) is 6.20 Å². The van der Waals surface area contributed by atoms with Crippen LogP contribution in [-0.2, 0) is 11.3 Å². The van der Waals surface area contributed by atoms with E-state index in [2.05, 4.69) is 10.3 Å². The number of ether oxygens (including phenoxy) is 1. The van der Waals surface area contributed by atoms with Crippen molar-refractivity contribution in [2.24, 2.45) is 4.99 Å². The smallest absolute Gasteiger partial charge is 0.207 e. The minimum atomic E-state index is -0.898. The van der Waals surface area contributed by atoms with Crippen LogP contribution in [-0.4, -0.2) is 17.2 Å². The van der Waals surface area contributed by atoms with Gasteiger partial charge in [0.15, 0.2) is 5.76 Å². The lowest BCUT2D eigenvalue weighted by Gasteiger charge is -2.18. The summed E-state index contributed by atoms with van der Waals surface area (Å²) in [5, 5.41) is 12.5. The number of nitrogens with one attached hydrogen (secondary N) is 1. The molecule has 0 unspecified atom stereocenters. The van der Waals surface area contributed by atoms with Crippen LogP contribution in [0.4, 0.5) is 0 Å². The lowest BCUT2D eigenvalue weighted by molar-refractivity contribution is 0.0958. The third kappa shape index (κ3) is 2.61. The SMILES string of the molecule is CC1=N[C@@H](O)C(OCc2ccccc2)=CN1. The Balaban J connectivity index is 1.92. The third-order valence-corrected chi connectivity index (χ3v) is 2.24. The van der Waals surface area contributed by atoms with Crippen LogP contribution in [0.25, 0.3) is 0 Å². The van der Waals surface area contributed by atoms with Gasteiger partial charge < -0.3 is 15.2 Å². The average Bonchev–Trinajstić information content (AvgIpc) is 2.29. The highest BCUT2D eigenvalue weighted by Gasteiger charge is 2.15. The van der Waals surface area contributed by atoms with Crippen LogP contribution >= 0.6 is 0 Å². The van der Waals surface area contributed by atoms with E-state index in [1.54, 1.807) is 13.1 Å². The lowest BCUT2D eigenvalue weighted by Crippen LogP contribution is -2.26. The predicted molar refractivity (Wildman–Crippen MR) is 61.6 cm³/mol. The van der Waals surface area contributed by atoms with Gasteiger partial charge in [0.25, 0.3) is 0 Å². The van der Waals surface area contributed by atoms with E-state index in [9.17, 15) is 5.11 Å². The Morgan fingerprint density at radius 2 is 2.12 bits per heavy atom. The number of benzene rings is 1. The molecule has 1 aliphatic rings. The molecule has 0 saturated heterocycles. The molecule has 2 rings (SSSR count). The fourth-order valence-electron chi connectivity index (χ4n) is 1.39. The summed E-state index contributed by atoms with van der Waals surface area (Å²) in [6.07, 6.45) is 0.737. The molecule has 0 amide bonds. The molecule has 0 fully saturated rings. The van der Waals surface area contributed by atoms with E-state index in [4.69, 9.17) is 4.74 Å². The molecule has 84 valence electrons. The number of aliphatic hydroxyl groups is 1. The first-order valence-corrected chi connectivity index (χ1v) is 5.11. The zero-order valence-electron chi connectivity index (χ0n) is 9.05. The monoisotopic (exact) mass is 218 g/mol. The summed E-state index contributed by atoms with van der Waals surface area (Å²) in [5.74, 6) is 1.12. The van der Waals surface area contributed by atoms with Crippen molar-refractivity contribution >= 4 is 5.84 Å². The minimum absolute atomic E-state index is 0.431. The molecule has 4 nitrogen and oxygen atoms in total. The van der Waals surface area contributed by atoms with Crippen LogP contribution in [0.15, 0.2) is 47.3 Å². The Labute approximate surface area is 94.3 Å². The van der Waals surface area contributed by atoms with Crippen molar-refractivity contribution in [2.75, 3.05) is 0 Å². The first-order valence-electron chi connectivity index (χ1n) is 5.11. The number of hydrogen-bond acceptors (Lipinski definition) is 4. The molecule has 0 aliphatic carbocycles. The summed E-state index contributed by atoms with van der Waals surface area (Å²) in [5.41, 5.74) is 1.06. The second kappa shape index (κ2) is 4.81. The van der Waals surface area contributed by atoms with Crippen LogP contribution in [0.2, 0.25) is 0 Å². The first-order chi connectivity index (χ1) is 7.75. The Hall–Kier alpha value is -1.81.